The Kier molecular flexibility index (Phi) is 8.14. The molecule has 5 heteroatoms. The first kappa shape index (κ1) is 22.2. The first-order valence-corrected chi connectivity index (χ1v) is 11.2. The highest BCUT2D eigenvalue weighted by Gasteiger charge is 2.23. The van der Waals surface area contributed by atoms with Crippen molar-refractivity contribution in [2.24, 2.45) is 10.9 Å². The van der Waals surface area contributed by atoms with E-state index in [0.29, 0.717) is 5.92 Å². The molecule has 5 nitrogen and oxygen atoms in total. The molecule has 0 saturated carbocycles. The highest BCUT2D eigenvalue weighted by molar-refractivity contribution is 6.13. The van der Waals surface area contributed by atoms with E-state index in [0.717, 1.165) is 56.2 Å². The van der Waals surface area contributed by atoms with E-state index in [-0.39, 0.29) is 6.10 Å². The van der Waals surface area contributed by atoms with Crippen LogP contribution in [0, 0.1) is 5.92 Å². The minimum Gasteiger partial charge on any atom is -0.486 e. The van der Waals surface area contributed by atoms with Crippen molar-refractivity contribution < 1.29 is 4.74 Å². The summed E-state index contributed by atoms with van der Waals surface area (Å²) in [6, 6.07) is 0. The Labute approximate surface area is 181 Å². The van der Waals surface area contributed by atoms with Crippen LogP contribution in [0.4, 0.5) is 0 Å². The lowest BCUT2D eigenvalue weighted by atomic mass is 9.85. The Morgan fingerprint density at radius 1 is 1.30 bits per heavy atom. The van der Waals surface area contributed by atoms with Crippen molar-refractivity contribution in [2.75, 3.05) is 26.2 Å². The van der Waals surface area contributed by atoms with Crippen LogP contribution >= 0.6 is 0 Å². The van der Waals surface area contributed by atoms with Gasteiger partial charge in [-0.25, -0.2) is 0 Å². The molecule has 3 aliphatic rings. The van der Waals surface area contributed by atoms with Crippen molar-refractivity contribution in [2.45, 2.75) is 46.6 Å². The maximum Gasteiger partial charge on any atom is 0.142 e. The molecule has 2 heterocycles. The lowest BCUT2D eigenvalue weighted by Gasteiger charge is -2.31. The van der Waals surface area contributed by atoms with E-state index in [1.54, 1.807) is 0 Å². The zero-order valence-corrected chi connectivity index (χ0v) is 18.8. The fourth-order valence-electron chi connectivity index (χ4n) is 3.54. The van der Waals surface area contributed by atoms with Gasteiger partial charge >= 0.3 is 0 Å². The number of unbranched alkanes of at least 4 members (excludes halogenated alkanes) is 1. The molecule has 0 radical (unpaired) electrons. The van der Waals surface area contributed by atoms with Crippen LogP contribution in [0.5, 0.6) is 0 Å². The predicted molar refractivity (Wildman–Crippen MR) is 126 cm³/mol. The molecule has 0 aromatic rings. The number of nitrogens with zero attached hydrogens (tertiary/aromatic N) is 1. The third-order valence-corrected chi connectivity index (χ3v) is 5.31. The molecule has 1 fully saturated rings. The minimum absolute atomic E-state index is 0.270. The molecule has 0 atom stereocenters. The molecular formula is C25H36N4O. The topological polar surface area (TPSA) is 57.7 Å². The van der Waals surface area contributed by atoms with Gasteiger partial charge < -0.3 is 20.7 Å². The quantitative estimate of drug-likeness (QED) is 0.537. The normalized spacial score (nSPS) is 22.4. The van der Waals surface area contributed by atoms with Gasteiger partial charge in [0.15, 0.2) is 0 Å². The van der Waals surface area contributed by atoms with Gasteiger partial charge in [0.25, 0.3) is 0 Å². The Bertz CT molecular complexity index is 820. The van der Waals surface area contributed by atoms with Crippen molar-refractivity contribution in [3.63, 3.8) is 0 Å². The van der Waals surface area contributed by atoms with Gasteiger partial charge in [-0.15, -0.1) is 0 Å². The van der Waals surface area contributed by atoms with E-state index in [9.17, 15) is 0 Å². The van der Waals surface area contributed by atoms with Crippen molar-refractivity contribution >= 4 is 5.71 Å². The summed E-state index contributed by atoms with van der Waals surface area (Å²) in [6.45, 7) is 12.1. The third kappa shape index (κ3) is 5.76. The number of hydrogen-bond donors (Lipinski definition) is 3. The number of rotatable bonds is 9. The molecule has 0 aromatic heterocycles. The molecular weight excluding hydrogens is 372 g/mol. The van der Waals surface area contributed by atoms with Gasteiger partial charge in [0.2, 0.25) is 0 Å². The van der Waals surface area contributed by atoms with Crippen LogP contribution in [0.25, 0.3) is 0 Å². The number of hydrogen-bond acceptors (Lipinski definition) is 5. The third-order valence-electron chi connectivity index (χ3n) is 5.31. The monoisotopic (exact) mass is 408 g/mol. The first-order chi connectivity index (χ1) is 14.6. The second-order valence-corrected chi connectivity index (χ2v) is 8.16. The summed E-state index contributed by atoms with van der Waals surface area (Å²) < 4.78 is 6.13. The molecule has 0 aromatic carbocycles. The minimum atomic E-state index is 0.270. The molecule has 0 spiro atoms. The van der Waals surface area contributed by atoms with Crippen LogP contribution in [0.3, 0.4) is 0 Å². The second-order valence-electron chi connectivity index (χ2n) is 8.16. The number of aliphatic imine (C=N–C) groups is 1. The van der Waals surface area contributed by atoms with E-state index < -0.39 is 0 Å². The fourth-order valence-corrected chi connectivity index (χ4v) is 3.54. The van der Waals surface area contributed by atoms with Gasteiger partial charge in [0, 0.05) is 38.6 Å². The average Bonchev–Trinajstić information content (AvgIpc) is 2.72. The number of ether oxygens (including phenoxy) is 1. The SMILES string of the molecule is C\C=C/N=C1/C=C(CNC2=CNCC=C2OC2CNC2)C=C(C(C)C)/C1=C\CCC. The smallest absolute Gasteiger partial charge is 0.142 e. The summed E-state index contributed by atoms with van der Waals surface area (Å²) in [5.74, 6) is 1.38. The van der Waals surface area contributed by atoms with Crippen LogP contribution < -0.4 is 16.0 Å². The first-order valence-electron chi connectivity index (χ1n) is 11.2. The summed E-state index contributed by atoms with van der Waals surface area (Å²) in [4.78, 5) is 4.74. The van der Waals surface area contributed by atoms with Crippen LogP contribution in [0.2, 0.25) is 0 Å². The Morgan fingerprint density at radius 2 is 2.13 bits per heavy atom. The summed E-state index contributed by atoms with van der Waals surface area (Å²) in [7, 11) is 0. The molecule has 1 aliphatic carbocycles. The molecule has 1 saturated heterocycles. The molecule has 0 unspecified atom stereocenters. The Balaban J connectivity index is 1.77. The van der Waals surface area contributed by atoms with Crippen LogP contribution in [-0.4, -0.2) is 38.0 Å². The summed E-state index contributed by atoms with van der Waals surface area (Å²) >= 11 is 0. The zero-order valence-electron chi connectivity index (χ0n) is 18.8. The molecule has 3 rings (SSSR count). The van der Waals surface area contributed by atoms with E-state index in [1.165, 1.54) is 16.7 Å². The summed E-state index contributed by atoms with van der Waals surface area (Å²) in [5.41, 5.74) is 5.91. The van der Waals surface area contributed by atoms with E-state index in [4.69, 9.17) is 9.73 Å². The van der Waals surface area contributed by atoms with Crippen LogP contribution in [-0.2, 0) is 4.74 Å². The van der Waals surface area contributed by atoms with Gasteiger partial charge in [0.1, 0.15) is 11.9 Å². The van der Waals surface area contributed by atoms with Gasteiger partial charge in [-0.1, -0.05) is 45.4 Å². The maximum atomic E-state index is 6.13. The highest BCUT2D eigenvalue weighted by atomic mass is 16.5. The largest absolute Gasteiger partial charge is 0.486 e. The molecule has 3 N–H and O–H groups in total. The van der Waals surface area contributed by atoms with Crippen molar-refractivity contribution in [3.05, 3.63) is 71.0 Å². The molecule has 2 aliphatic heterocycles. The zero-order chi connectivity index (χ0) is 21.3. The summed E-state index contributed by atoms with van der Waals surface area (Å²) in [6.07, 6.45) is 17.3. The molecule has 30 heavy (non-hydrogen) atoms. The molecule has 162 valence electrons. The van der Waals surface area contributed by atoms with Gasteiger partial charge in [-0.05, 0) is 48.1 Å². The van der Waals surface area contributed by atoms with Gasteiger partial charge in [-0.3, -0.25) is 4.99 Å². The number of allylic oxidation sites excluding steroid dienone is 5. The van der Waals surface area contributed by atoms with Crippen LogP contribution in [0.1, 0.15) is 40.5 Å². The van der Waals surface area contributed by atoms with Crippen LogP contribution in [0.15, 0.2) is 75.9 Å². The number of nitrogens with one attached hydrogen (secondary N) is 3. The van der Waals surface area contributed by atoms with E-state index >= 15 is 0 Å². The van der Waals surface area contributed by atoms with E-state index in [1.807, 2.05) is 25.4 Å². The van der Waals surface area contributed by atoms with Gasteiger partial charge in [0.05, 0.1) is 11.4 Å². The van der Waals surface area contributed by atoms with Crippen molar-refractivity contribution in [3.8, 4) is 0 Å². The van der Waals surface area contributed by atoms with Crippen molar-refractivity contribution in [1.82, 2.24) is 16.0 Å². The lowest BCUT2D eigenvalue weighted by Crippen LogP contribution is -2.48. The Morgan fingerprint density at radius 3 is 2.80 bits per heavy atom. The molecule has 0 amide bonds. The lowest BCUT2D eigenvalue weighted by molar-refractivity contribution is 0.0736. The highest BCUT2D eigenvalue weighted by Crippen LogP contribution is 2.29. The Hall–Kier alpha value is -2.53. The van der Waals surface area contributed by atoms with E-state index in [2.05, 4.69) is 61.0 Å². The predicted octanol–water partition coefficient (Wildman–Crippen LogP) is 4.12. The molecule has 0 bridgehead atoms. The second kappa shape index (κ2) is 11.0. The fraction of sp³-hybridized carbons (Fsp3) is 0.480. The van der Waals surface area contributed by atoms with Crippen molar-refractivity contribution in [1.29, 1.82) is 0 Å². The number of dihydropyridines is 1. The summed E-state index contributed by atoms with van der Waals surface area (Å²) in [5, 5.41) is 10.1. The standard InChI is InChI=1S/C25H36N4O/c1-5-7-8-21-22(18(3)4)12-19(13-23(21)28-10-6-2)14-29-24-17-26-11-9-25(24)30-20-15-27-16-20/h6,8-10,12-13,17-18,20,26-27,29H,5,7,11,14-16H2,1-4H3/b10-6-,21-8+,28-23-. The average molecular weight is 409 g/mol. The van der Waals surface area contributed by atoms with Gasteiger partial charge in [-0.2, -0.15) is 0 Å². The maximum absolute atomic E-state index is 6.13.